The van der Waals surface area contributed by atoms with Gasteiger partial charge in [-0.2, -0.15) is 0 Å². The van der Waals surface area contributed by atoms with Crippen LogP contribution in [-0.4, -0.2) is 35.1 Å². The third kappa shape index (κ3) is 3.99. The Bertz CT molecular complexity index is 597. The minimum atomic E-state index is 0.382. The third-order valence-corrected chi connectivity index (χ3v) is 4.26. The molecular weight excluding hydrogens is 350 g/mol. The minimum absolute atomic E-state index is 0.382. The number of benzene rings is 1. The molecule has 0 aliphatic rings. The van der Waals surface area contributed by atoms with Crippen LogP contribution in [0.15, 0.2) is 22.7 Å². The lowest BCUT2D eigenvalue weighted by atomic mass is 10.0. The number of rotatable bonds is 6. The van der Waals surface area contributed by atoms with E-state index in [4.69, 9.17) is 16.6 Å². The van der Waals surface area contributed by atoms with Crippen LogP contribution in [0.5, 0.6) is 0 Å². The molecule has 1 aromatic carbocycles. The summed E-state index contributed by atoms with van der Waals surface area (Å²) >= 11 is 9.72. The van der Waals surface area contributed by atoms with Crippen molar-refractivity contribution in [2.75, 3.05) is 20.6 Å². The fourth-order valence-electron chi connectivity index (χ4n) is 2.84. The van der Waals surface area contributed by atoms with E-state index in [-0.39, 0.29) is 0 Å². The first-order valence-electron chi connectivity index (χ1n) is 7.29. The van der Waals surface area contributed by atoms with Crippen LogP contribution in [0.2, 0.25) is 0 Å². The highest BCUT2D eigenvalue weighted by atomic mass is 79.9. The van der Waals surface area contributed by atoms with Crippen molar-refractivity contribution in [1.82, 2.24) is 14.5 Å². The summed E-state index contributed by atoms with van der Waals surface area (Å²) in [6, 6.07) is 6.60. The SMILES string of the molecule is CC(C)CC(CN(C)C)n1c(CCl)nc2ccc(Br)cc21. The van der Waals surface area contributed by atoms with E-state index in [1.165, 1.54) is 0 Å². The zero-order chi connectivity index (χ0) is 15.6. The summed E-state index contributed by atoms with van der Waals surface area (Å²) in [7, 11) is 4.23. The van der Waals surface area contributed by atoms with E-state index in [2.05, 4.69) is 59.4 Å². The van der Waals surface area contributed by atoms with E-state index in [0.29, 0.717) is 17.8 Å². The summed E-state index contributed by atoms with van der Waals surface area (Å²) in [5.41, 5.74) is 2.17. The Morgan fingerprint density at radius 2 is 2.05 bits per heavy atom. The van der Waals surface area contributed by atoms with Crippen molar-refractivity contribution in [3.8, 4) is 0 Å². The summed E-state index contributed by atoms with van der Waals surface area (Å²) in [4.78, 5) is 6.93. The first-order valence-corrected chi connectivity index (χ1v) is 8.62. The molecule has 116 valence electrons. The maximum absolute atomic E-state index is 6.15. The summed E-state index contributed by atoms with van der Waals surface area (Å²) in [6.45, 7) is 5.51. The Morgan fingerprint density at radius 1 is 1.33 bits per heavy atom. The Balaban J connectivity index is 2.55. The number of likely N-dealkylation sites (N-methyl/N-ethyl adjacent to an activating group) is 1. The number of alkyl halides is 1. The highest BCUT2D eigenvalue weighted by molar-refractivity contribution is 9.10. The van der Waals surface area contributed by atoms with Gasteiger partial charge in [0.25, 0.3) is 0 Å². The van der Waals surface area contributed by atoms with Crippen LogP contribution in [-0.2, 0) is 5.88 Å². The van der Waals surface area contributed by atoms with E-state index in [1.54, 1.807) is 0 Å². The van der Waals surface area contributed by atoms with Gasteiger partial charge in [-0.1, -0.05) is 29.8 Å². The molecule has 1 unspecified atom stereocenters. The van der Waals surface area contributed by atoms with Crippen molar-refractivity contribution < 1.29 is 0 Å². The van der Waals surface area contributed by atoms with Crippen molar-refractivity contribution in [2.24, 2.45) is 5.92 Å². The lowest BCUT2D eigenvalue weighted by Gasteiger charge is -2.26. The summed E-state index contributed by atoms with van der Waals surface area (Å²) in [5, 5.41) is 0. The van der Waals surface area contributed by atoms with Crippen LogP contribution in [0.1, 0.15) is 32.1 Å². The van der Waals surface area contributed by atoms with E-state index in [1.807, 2.05) is 12.1 Å². The molecule has 0 saturated heterocycles. The van der Waals surface area contributed by atoms with Crippen LogP contribution < -0.4 is 0 Å². The molecule has 3 nitrogen and oxygen atoms in total. The Labute approximate surface area is 140 Å². The summed E-state index contributed by atoms with van der Waals surface area (Å²) in [6.07, 6.45) is 1.11. The Kier molecular flexibility index (Phi) is 5.69. The minimum Gasteiger partial charge on any atom is -0.323 e. The second-order valence-electron chi connectivity index (χ2n) is 6.21. The molecule has 1 heterocycles. The van der Waals surface area contributed by atoms with E-state index in [0.717, 1.165) is 34.3 Å². The van der Waals surface area contributed by atoms with Crippen LogP contribution in [0.25, 0.3) is 11.0 Å². The molecular formula is C16H23BrClN3. The number of hydrogen-bond donors (Lipinski definition) is 0. The molecule has 1 aromatic heterocycles. The predicted molar refractivity (Wildman–Crippen MR) is 94.0 cm³/mol. The molecule has 0 aliphatic carbocycles. The second kappa shape index (κ2) is 7.12. The van der Waals surface area contributed by atoms with Gasteiger partial charge in [0.1, 0.15) is 5.82 Å². The van der Waals surface area contributed by atoms with Crippen LogP contribution in [0, 0.1) is 5.92 Å². The van der Waals surface area contributed by atoms with Crippen LogP contribution in [0.3, 0.4) is 0 Å². The lowest BCUT2D eigenvalue weighted by molar-refractivity contribution is 0.289. The van der Waals surface area contributed by atoms with Crippen molar-refractivity contribution >= 4 is 38.6 Å². The standard InChI is InChI=1S/C16H23BrClN3/c1-11(2)7-13(10-20(3)4)21-15-8-12(17)5-6-14(15)19-16(21)9-18/h5-6,8,11,13H,7,9-10H2,1-4H3. The molecule has 5 heteroatoms. The van der Waals surface area contributed by atoms with E-state index < -0.39 is 0 Å². The molecule has 0 aliphatic heterocycles. The first kappa shape index (κ1) is 16.8. The fraction of sp³-hybridized carbons (Fsp3) is 0.562. The number of imidazole rings is 1. The molecule has 21 heavy (non-hydrogen) atoms. The van der Waals surface area contributed by atoms with Crippen LogP contribution >= 0.6 is 27.5 Å². The average molecular weight is 373 g/mol. The third-order valence-electron chi connectivity index (χ3n) is 3.53. The van der Waals surface area contributed by atoms with Gasteiger partial charge in [0.2, 0.25) is 0 Å². The van der Waals surface area contributed by atoms with Gasteiger partial charge in [-0.3, -0.25) is 0 Å². The van der Waals surface area contributed by atoms with Gasteiger partial charge in [-0.05, 0) is 44.6 Å². The fourth-order valence-corrected chi connectivity index (χ4v) is 3.38. The topological polar surface area (TPSA) is 21.1 Å². The molecule has 2 rings (SSSR count). The molecule has 0 radical (unpaired) electrons. The molecule has 1 atom stereocenters. The molecule has 0 N–H and O–H groups in total. The maximum Gasteiger partial charge on any atom is 0.125 e. The Hall–Kier alpha value is -0.580. The summed E-state index contributed by atoms with van der Waals surface area (Å²) in [5.74, 6) is 2.02. The largest absolute Gasteiger partial charge is 0.323 e. The normalized spacial score (nSPS) is 13.5. The summed E-state index contributed by atoms with van der Waals surface area (Å²) < 4.78 is 3.40. The van der Waals surface area contributed by atoms with E-state index in [9.17, 15) is 0 Å². The number of nitrogens with zero attached hydrogens (tertiary/aromatic N) is 3. The first-order chi connectivity index (χ1) is 9.92. The highest BCUT2D eigenvalue weighted by Crippen LogP contribution is 2.29. The average Bonchev–Trinajstić information content (AvgIpc) is 2.74. The quantitative estimate of drug-likeness (QED) is 0.686. The van der Waals surface area contributed by atoms with Gasteiger partial charge in [0.05, 0.1) is 16.9 Å². The number of hydrogen-bond acceptors (Lipinski definition) is 2. The second-order valence-corrected chi connectivity index (χ2v) is 7.39. The number of fused-ring (bicyclic) bond motifs is 1. The maximum atomic E-state index is 6.15. The molecule has 0 bridgehead atoms. The molecule has 0 spiro atoms. The van der Waals surface area contributed by atoms with Gasteiger partial charge < -0.3 is 9.47 Å². The van der Waals surface area contributed by atoms with Gasteiger partial charge >= 0.3 is 0 Å². The smallest absolute Gasteiger partial charge is 0.125 e. The molecule has 0 fully saturated rings. The number of halogens is 2. The van der Waals surface area contributed by atoms with Gasteiger partial charge in [0, 0.05) is 17.1 Å². The molecule has 2 aromatic rings. The van der Waals surface area contributed by atoms with Crippen LogP contribution in [0.4, 0.5) is 0 Å². The van der Waals surface area contributed by atoms with E-state index >= 15 is 0 Å². The number of aromatic nitrogens is 2. The van der Waals surface area contributed by atoms with Gasteiger partial charge in [-0.25, -0.2) is 4.98 Å². The monoisotopic (exact) mass is 371 g/mol. The predicted octanol–water partition coefficient (Wildman–Crippen LogP) is 4.69. The molecule has 0 saturated carbocycles. The zero-order valence-corrected chi connectivity index (χ0v) is 15.4. The zero-order valence-electron chi connectivity index (χ0n) is 13.1. The van der Waals surface area contributed by atoms with Crippen molar-refractivity contribution in [2.45, 2.75) is 32.2 Å². The van der Waals surface area contributed by atoms with Gasteiger partial charge in [0.15, 0.2) is 0 Å². The highest BCUT2D eigenvalue weighted by Gasteiger charge is 2.20. The van der Waals surface area contributed by atoms with Crippen molar-refractivity contribution in [3.63, 3.8) is 0 Å². The van der Waals surface area contributed by atoms with Crippen molar-refractivity contribution in [3.05, 3.63) is 28.5 Å². The Morgan fingerprint density at radius 3 is 2.62 bits per heavy atom. The van der Waals surface area contributed by atoms with Crippen molar-refractivity contribution in [1.29, 1.82) is 0 Å². The van der Waals surface area contributed by atoms with Gasteiger partial charge in [-0.15, -0.1) is 11.6 Å². The molecule has 0 amide bonds. The lowest BCUT2D eigenvalue weighted by Crippen LogP contribution is -2.26.